The Balaban J connectivity index is 1.47. The SMILES string of the molecule is CCc1ccccc1N1C[C@H](C(=O)OCC(=O)NCc2ccc(N(C)C)cc2)CC1=O. The van der Waals surface area contributed by atoms with E-state index in [0.717, 1.165) is 28.9 Å². The molecule has 1 atom stereocenters. The number of ether oxygens (including phenoxy) is 1. The lowest BCUT2D eigenvalue weighted by Gasteiger charge is -2.19. The van der Waals surface area contributed by atoms with E-state index in [1.54, 1.807) is 4.90 Å². The molecule has 0 bridgehead atoms. The number of aryl methyl sites for hydroxylation is 1. The fourth-order valence-corrected chi connectivity index (χ4v) is 3.59. The first kappa shape index (κ1) is 22.3. The summed E-state index contributed by atoms with van der Waals surface area (Å²) < 4.78 is 5.18. The molecule has 1 fully saturated rings. The minimum absolute atomic E-state index is 0.0940. The van der Waals surface area contributed by atoms with Crippen LogP contribution in [0, 0.1) is 5.92 Å². The predicted octanol–water partition coefficient (Wildman–Crippen LogP) is 2.53. The summed E-state index contributed by atoms with van der Waals surface area (Å²) in [6.07, 6.45) is 0.893. The number of nitrogens with zero attached hydrogens (tertiary/aromatic N) is 2. The third kappa shape index (κ3) is 5.63. The highest BCUT2D eigenvalue weighted by atomic mass is 16.5. The largest absolute Gasteiger partial charge is 0.455 e. The summed E-state index contributed by atoms with van der Waals surface area (Å²) in [5, 5.41) is 2.74. The first-order valence-electron chi connectivity index (χ1n) is 10.5. The molecule has 0 aliphatic carbocycles. The topological polar surface area (TPSA) is 79.0 Å². The Morgan fingerprint density at radius 2 is 1.84 bits per heavy atom. The standard InChI is InChI=1S/C24H29N3O4/c1-4-18-7-5-6-8-21(18)27-15-19(13-23(27)29)24(30)31-16-22(28)25-14-17-9-11-20(12-10-17)26(2)3/h5-12,19H,4,13-16H2,1-3H3,(H,25,28)/t19-/m1/s1. The Morgan fingerprint density at radius 3 is 2.52 bits per heavy atom. The van der Waals surface area contributed by atoms with Crippen LogP contribution in [0.2, 0.25) is 0 Å². The van der Waals surface area contributed by atoms with E-state index < -0.39 is 11.9 Å². The first-order chi connectivity index (χ1) is 14.9. The van der Waals surface area contributed by atoms with Crippen LogP contribution in [0.4, 0.5) is 11.4 Å². The molecule has 164 valence electrons. The maximum Gasteiger partial charge on any atom is 0.311 e. The fourth-order valence-electron chi connectivity index (χ4n) is 3.59. The van der Waals surface area contributed by atoms with Crippen LogP contribution in [0.5, 0.6) is 0 Å². The van der Waals surface area contributed by atoms with Crippen molar-refractivity contribution in [2.24, 2.45) is 5.92 Å². The zero-order valence-electron chi connectivity index (χ0n) is 18.3. The molecule has 2 aromatic carbocycles. The molecule has 1 aliphatic rings. The lowest BCUT2D eigenvalue weighted by atomic mass is 10.1. The predicted molar refractivity (Wildman–Crippen MR) is 120 cm³/mol. The summed E-state index contributed by atoms with van der Waals surface area (Å²) in [6.45, 7) is 2.30. The molecule has 1 aliphatic heterocycles. The van der Waals surface area contributed by atoms with E-state index in [0.29, 0.717) is 6.54 Å². The van der Waals surface area contributed by atoms with Gasteiger partial charge in [0, 0.05) is 45.0 Å². The highest BCUT2D eigenvalue weighted by molar-refractivity contribution is 6.00. The van der Waals surface area contributed by atoms with Crippen LogP contribution in [0.25, 0.3) is 0 Å². The highest BCUT2D eigenvalue weighted by Gasteiger charge is 2.36. The van der Waals surface area contributed by atoms with E-state index in [-0.39, 0.29) is 31.4 Å². The lowest BCUT2D eigenvalue weighted by Crippen LogP contribution is -2.31. The Bertz CT molecular complexity index is 940. The molecule has 7 nitrogen and oxygen atoms in total. The van der Waals surface area contributed by atoms with Gasteiger partial charge in [0.2, 0.25) is 5.91 Å². The molecular weight excluding hydrogens is 394 g/mol. The minimum atomic E-state index is -0.566. The molecule has 0 spiro atoms. The third-order valence-electron chi connectivity index (χ3n) is 5.41. The van der Waals surface area contributed by atoms with E-state index in [1.807, 2.05) is 74.4 Å². The van der Waals surface area contributed by atoms with Crippen LogP contribution in [0.1, 0.15) is 24.5 Å². The van der Waals surface area contributed by atoms with E-state index in [9.17, 15) is 14.4 Å². The van der Waals surface area contributed by atoms with Gasteiger partial charge in [0.05, 0.1) is 5.92 Å². The molecule has 3 rings (SSSR count). The second kappa shape index (κ2) is 10.1. The summed E-state index contributed by atoms with van der Waals surface area (Å²) in [6, 6.07) is 15.5. The molecule has 1 saturated heterocycles. The Labute approximate surface area is 183 Å². The van der Waals surface area contributed by atoms with Gasteiger partial charge in [0.15, 0.2) is 6.61 Å². The number of rotatable bonds is 8. The Kier molecular flexibility index (Phi) is 7.28. The normalized spacial score (nSPS) is 15.6. The van der Waals surface area contributed by atoms with Crippen LogP contribution in [-0.4, -0.2) is 45.0 Å². The van der Waals surface area contributed by atoms with Gasteiger partial charge in [-0.1, -0.05) is 37.3 Å². The van der Waals surface area contributed by atoms with Gasteiger partial charge < -0.3 is 19.9 Å². The van der Waals surface area contributed by atoms with E-state index in [4.69, 9.17) is 4.74 Å². The van der Waals surface area contributed by atoms with Gasteiger partial charge >= 0.3 is 5.97 Å². The third-order valence-corrected chi connectivity index (χ3v) is 5.41. The van der Waals surface area contributed by atoms with Gasteiger partial charge in [-0.15, -0.1) is 0 Å². The summed E-state index contributed by atoms with van der Waals surface area (Å²) in [7, 11) is 3.93. The number of carbonyl (C=O) groups is 3. The minimum Gasteiger partial charge on any atom is -0.455 e. The number of hydrogen-bond donors (Lipinski definition) is 1. The second-order valence-corrected chi connectivity index (χ2v) is 7.83. The average Bonchev–Trinajstić information content (AvgIpc) is 3.17. The molecule has 0 radical (unpaired) electrons. The van der Waals surface area contributed by atoms with E-state index >= 15 is 0 Å². The number of benzene rings is 2. The van der Waals surface area contributed by atoms with Gasteiger partial charge in [-0.25, -0.2) is 0 Å². The van der Waals surface area contributed by atoms with Crippen molar-refractivity contribution in [2.75, 3.05) is 37.0 Å². The molecular formula is C24H29N3O4. The molecule has 0 unspecified atom stereocenters. The quantitative estimate of drug-likeness (QED) is 0.660. The maximum atomic E-state index is 12.5. The van der Waals surface area contributed by atoms with Crippen LogP contribution in [0.3, 0.4) is 0 Å². The van der Waals surface area contributed by atoms with Crippen molar-refractivity contribution in [3.8, 4) is 0 Å². The van der Waals surface area contributed by atoms with Crippen molar-refractivity contribution in [2.45, 2.75) is 26.3 Å². The monoisotopic (exact) mass is 423 g/mol. The first-order valence-corrected chi connectivity index (χ1v) is 10.5. The molecule has 7 heteroatoms. The zero-order chi connectivity index (χ0) is 22.4. The van der Waals surface area contributed by atoms with Crippen molar-refractivity contribution >= 4 is 29.2 Å². The van der Waals surface area contributed by atoms with Crippen LogP contribution >= 0.6 is 0 Å². The summed E-state index contributed by atoms with van der Waals surface area (Å²) in [5.74, 6) is -1.56. The molecule has 0 aromatic heterocycles. The van der Waals surface area contributed by atoms with Gasteiger partial charge in [-0.2, -0.15) is 0 Å². The van der Waals surface area contributed by atoms with Gasteiger partial charge in [-0.3, -0.25) is 14.4 Å². The molecule has 1 N–H and O–H groups in total. The van der Waals surface area contributed by atoms with Crippen molar-refractivity contribution in [1.82, 2.24) is 5.32 Å². The molecule has 2 aromatic rings. The number of hydrogen-bond acceptors (Lipinski definition) is 5. The van der Waals surface area contributed by atoms with Crippen LogP contribution in [-0.2, 0) is 32.1 Å². The Morgan fingerprint density at radius 1 is 1.13 bits per heavy atom. The number of para-hydroxylation sites is 1. The fraction of sp³-hybridized carbons (Fsp3) is 0.375. The van der Waals surface area contributed by atoms with Crippen molar-refractivity contribution < 1.29 is 19.1 Å². The molecule has 1 heterocycles. The van der Waals surface area contributed by atoms with Gasteiger partial charge in [0.25, 0.3) is 5.91 Å². The number of esters is 1. The van der Waals surface area contributed by atoms with Gasteiger partial charge in [-0.05, 0) is 35.7 Å². The maximum absolute atomic E-state index is 12.5. The zero-order valence-corrected chi connectivity index (χ0v) is 18.3. The number of amides is 2. The number of carbonyl (C=O) groups excluding carboxylic acids is 3. The number of nitrogens with one attached hydrogen (secondary N) is 1. The van der Waals surface area contributed by atoms with Crippen molar-refractivity contribution in [3.05, 3.63) is 59.7 Å². The van der Waals surface area contributed by atoms with Crippen molar-refractivity contribution in [3.63, 3.8) is 0 Å². The van der Waals surface area contributed by atoms with Gasteiger partial charge in [0.1, 0.15) is 0 Å². The lowest BCUT2D eigenvalue weighted by molar-refractivity contribution is -0.152. The smallest absolute Gasteiger partial charge is 0.311 e. The molecule has 31 heavy (non-hydrogen) atoms. The highest BCUT2D eigenvalue weighted by Crippen LogP contribution is 2.29. The Hall–Kier alpha value is -3.35. The van der Waals surface area contributed by atoms with Crippen molar-refractivity contribution in [1.29, 1.82) is 0 Å². The van der Waals surface area contributed by atoms with E-state index in [1.165, 1.54) is 0 Å². The van der Waals surface area contributed by atoms with E-state index in [2.05, 4.69) is 5.32 Å². The summed E-state index contributed by atoms with van der Waals surface area (Å²) in [4.78, 5) is 40.6. The summed E-state index contributed by atoms with van der Waals surface area (Å²) in [5.41, 5.74) is 3.92. The summed E-state index contributed by atoms with van der Waals surface area (Å²) >= 11 is 0. The second-order valence-electron chi connectivity index (χ2n) is 7.83. The average molecular weight is 424 g/mol. The molecule has 0 saturated carbocycles. The van der Waals surface area contributed by atoms with Crippen LogP contribution < -0.4 is 15.1 Å². The molecule has 2 amide bonds. The number of anilines is 2. The van der Waals surface area contributed by atoms with Crippen LogP contribution in [0.15, 0.2) is 48.5 Å².